The summed E-state index contributed by atoms with van der Waals surface area (Å²) in [4.78, 5) is 5.99. The first-order valence-corrected chi connectivity index (χ1v) is 25.1. The molecule has 8 aromatic carbocycles. The second kappa shape index (κ2) is 16.1. The molecular weight excluding hydrogens is 858 g/mol. The Labute approximate surface area is 439 Å². The zero-order chi connectivity index (χ0) is 58.9. The Morgan fingerprint density at radius 3 is 1.45 bits per heavy atom. The van der Waals surface area contributed by atoms with Gasteiger partial charge in [0.15, 0.2) is 0 Å². The Morgan fingerprint density at radius 1 is 0.408 bits per heavy atom. The molecule has 0 spiro atoms. The van der Waals surface area contributed by atoms with E-state index < -0.39 is 65.8 Å². The van der Waals surface area contributed by atoms with Crippen LogP contribution < -0.4 is 31.1 Å². The normalized spacial score (nSPS) is 16.6. The Kier molecular flexibility index (Phi) is 8.22. The van der Waals surface area contributed by atoms with Gasteiger partial charge in [0.25, 0.3) is 6.71 Å². The predicted octanol–water partition coefficient (Wildman–Crippen LogP) is 16.7. The Morgan fingerprint density at radius 2 is 0.887 bits per heavy atom. The summed E-state index contributed by atoms with van der Waals surface area (Å²) >= 11 is 0. The molecule has 2 aliphatic heterocycles. The van der Waals surface area contributed by atoms with Crippen LogP contribution in [0.25, 0.3) is 11.1 Å². The number of para-hydroxylation sites is 2. The summed E-state index contributed by atoms with van der Waals surface area (Å²) in [5.74, 6) is 0. The van der Waals surface area contributed by atoms with E-state index in [1.807, 2.05) is 12.1 Å². The maximum atomic E-state index is 9.40. The van der Waals surface area contributed by atoms with E-state index in [0.29, 0.717) is 5.69 Å². The third-order valence-corrected chi connectivity index (χ3v) is 15.2. The van der Waals surface area contributed by atoms with Crippen molar-refractivity contribution < 1.29 is 13.7 Å². The molecule has 0 N–H and O–H groups in total. The van der Waals surface area contributed by atoms with Gasteiger partial charge in [0.1, 0.15) is 0 Å². The summed E-state index contributed by atoms with van der Waals surface area (Å²) in [5.41, 5.74) is 16.6. The van der Waals surface area contributed by atoms with Crippen LogP contribution in [0.15, 0.2) is 170 Å². The first kappa shape index (κ1) is 36.2. The van der Waals surface area contributed by atoms with Crippen LogP contribution in [0.3, 0.4) is 0 Å². The van der Waals surface area contributed by atoms with E-state index in [2.05, 4.69) is 198 Å². The standard InChI is InChI=1S/C67H70BN3/c1-63(2,3)43-25-29-49(30-26-43)70-58-36-28-45(65(7,8)9)38-57(58)68-56-35-32-51(69(47-21-17-15-18-22-47)48-23-19-16-20-24-48)42-59(56)71(61-40-46(66(10,11)12)39-60(70)62(61)68)50-31-34-53-52-33-27-44(64(4,5)6)37-54(52)67(13,14)55(53)41-50/h15-42H,1-14H3/i15D,16D,17D,18D,19D,20D,21D,22D,23D,24D. The molecule has 0 atom stereocenters. The number of nitrogens with zero attached hydrogens (tertiary/aromatic N) is 3. The predicted molar refractivity (Wildman–Crippen MR) is 308 cm³/mol. The summed E-state index contributed by atoms with van der Waals surface area (Å²) in [6.45, 7) is 31.0. The summed E-state index contributed by atoms with van der Waals surface area (Å²) < 4.78 is 90.4. The molecule has 0 amide bonds. The zero-order valence-electron chi connectivity index (χ0n) is 53.8. The van der Waals surface area contributed by atoms with Gasteiger partial charge in [0.2, 0.25) is 0 Å². The molecule has 4 heteroatoms. The smallest absolute Gasteiger partial charge is 0.252 e. The topological polar surface area (TPSA) is 9.72 Å². The number of fused-ring (bicyclic) bond motifs is 7. The second-order valence-corrected chi connectivity index (χ2v) is 24.5. The summed E-state index contributed by atoms with van der Waals surface area (Å²) in [5, 5.41) is 0. The highest BCUT2D eigenvalue weighted by molar-refractivity contribution is 7.00. The molecule has 71 heavy (non-hydrogen) atoms. The van der Waals surface area contributed by atoms with Crippen LogP contribution in [0.1, 0.15) is 144 Å². The molecule has 0 bridgehead atoms. The van der Waals surface area contributed by atoms with E-state index in [4.69, 9.17) is 8.22 Å². The number of benzene rings is 8. The molecule has 3 aliphatic rings. The first-order valence-electron chi connectivity index (χ1n) is 30.1. The molecule has 0 radical (unpaired) electrons. The van der Waals surface area contributed by atoms with Crippen LogP contribution in [0.5, 0.6) is 0 Å². The SMILES string of the molecule is [2H]c1c([2H])c([2H])c(N(c2ccc3c(c2)N(c2ccc4c(c2)C(C)(C)c2cc(C(C)(C)C)ccc2-4)c2cc(C(C)(C)C)cc4c2B3c2cc(C(C)(C)C)ccc2N4c2ccc(C(C)(C)C)cc2)c2c([2H])c([2H])c([2H])c([2H])c2[2H])c([2H])c1[2H]. The largest absolute Gasteiger partial charge is 0.311 e. The van der Waals surface area contributed by atoms with E-state index in [1.165, 1.54) is 27.2 Å². The number of rotatable bonds is 5. The highest BCUT2D eigenvalue weighted by Gasteiger charge is 2.46. The van der Waals surface area contributed by atoms with Gasteiger partial charge in [0, 0.05) is 56.6 Å². The Hall–Kier alpha value is -6.78. The van der Waals surface area contributed by atoms with Gasteiger partial charge < -0.3 is 14.7 Å². The van der Waals surface area contributed by atoms with E-state index in [1.54, 1.807) is 6.07 Å². The lowest BCUT2D eigenvalue weighted by Crippen LogP contribution is -2.61. The van der Waals surface area contributed by atoms with Crippen molar-refractivity contribution in [2.24, 2.45) is 0 Å². The number of hydrogen-bond donors (Lipinski definition) is 0. The minimum atomic E-state index is -0.624. The number of anilines is 9. The molecule has 356 valence electrons. The molecule has 11 rings (SSSR count). The van der Waals surface area contributed by atoms with Crippen LogP contribution in [0.4, 0.5) is 51.2 Å². The van der Waals surface area contributed by atoms with Crippen molar-refractivity contribution in [3.63, 3.8) is 0 Å². The molecule has 0 unspecified atom stereocenters. The molecule has 0 saturated heterocycles. The van der Waals surface area contributed by atoms with Gasteiger partial charge in [-0.3, -0.25) is 0 Å². The highest BCUT2D eigenvalue weighted by Crippen LogP contribution is 2.53. The van der Waals surface area contributed by atoms with Crippen molar-refractivity contribution in [2.75, 3.05) is 14.7 Å². The van der Waals surface area contributed by atoms with Gasteiger partial charge in [-0.25, -0.2) is 0 Å². The molecule has 2 heterocycles. The third kappa shape index (κ3) is 7.72. The Bertz CT molecular complexity index is 3860. The lowest BCUT2D eigenvalue weighted by Gasteiger charge is -2.46. The third-order valence-electron chi connectivity index (χ3n) is 15.2. The molecule has 1 aliphatic carbocycles. The summed E-state index contributed by atoms with van der Waals surface area (Å²) in [6.07, 6.45) is 0. The minimum Gasteiger partial charge on any atom is -0.311 e. The van der Waals surface area contributed by atoms with Gasteiger partial charge in [-0.2, -0.15) is 0 Å². The van der Waals surface area contributed by atoms with Crippen molar-refractivity contribution in [1.29, 1.82) is 0 Å². The van der Waals surface area contributed by atoms with Gasteiger partial charge in [-0.15, -0.1) is 0 Å². The van der Waals surface area contributed by atoms with E-state index in [0.717, 1.165) is 67.1 Å². The summed E-state index contributed by atoms with van der Waals surface area (Å²) in [6, 6.07) is 33.7. The second-order valence-electron chi connectivity index (χ2n) is 24.5. The summed E-state index contributed by atoms with van der Waals surface area (Å²) in [7, 11) is 0. The van der Waals surface area contributed by atoms with E-state index in [9.17, 15) is 5.48 Å². The van der Waals surface area contributed by atoms with Crippen molar-refractivity contribution in [2.45, 2.75) is 124 Å². The average Bonchev–Trinajstić information content (AvgIpc) is 3.71. The fourth-order valence-electron chi connectivity index (χ4n) is 11.1. The molecule has 3 nitrogen and oxygen atoms in total. The fourth-order valence-corrected chi connectivity index (χ4v) is 11.1. The van der Waals surface area contributed by atoms with E-state index in [-0.39, 0.29) is 45.4 Å². The zero-order valence-corrected chi connectivity index (χ0v) is 43.8. The fraction of sp³-hybridized carbons (Fsp3) is 0.284. The lowest BCUT2D eigenvalue weighted by atomic mass is 9.33. The van der Waals surface area contributed by atoms with Crippen molar-refractivity contribution in [1.82, 2.24) is 0 Å². The number of hydrogen-bond acceptors (Lipinski definition) is 3. The van der Waals surface area contributed by atoms with Gasteiger partial charge in [-0.1, -0.05) is 188 Å². The van der Waals surface area contributed by atoms with E-state index >= 15 is 0 Å². The van der Waals surface area contributed by atoms with Gasteiger partial charge in [-0.05, 0) is 161 Å². The maximum absolute atomic E-state index is 9.40. The molecule has 8 aromatic rings. The lowest BCUT2D eigenvalue weighted by molar-refractivity contribution is 0.584. The van der Waals surface area contributed by atoms with Crippen LogP contribution in [0, 0.1) is 0 Å². The molecule has 0 aromatic heterocycles. The molecule has 0 fully saturated rings. The van der Waals surface area contributed by atoms with Crippen molar-refractivity contribution >= 4 is 74.3 Å². The quantitative estimate of drug-likeness (QED) is 0.159. The molecule has 0 saturated carbocycles. The molecular formula is C67H70BN3. The average molecular weight is 938 g/mol. The van der Waals surface area contributed by atoms with Crippen LogP contribution in [0.2, 0.25) is 0 Å². The first-order chi connectivity index (χ1) is 37.6. The van der Waals surface area contributed by atoms with Gasteiger partial charge in [0.05, 0.1) is 13.7 Å². The van der Waals surface area contributed by atoms with Crippen LogP contribution in [-0.4, -0.2) is 6.71 Å². The minimum absolute atomic E-state index is 0.0685. The maximum Gasteiger partial charge on any atom is 0.252 e. The monoisotopic (exact) mass is 938 g/mol. The Balaban J connectivity index is 1.28. The van der Waals surface area contributed by atoms with Crippen LogP contribution in [-0.2, 0) is 27.1 Å². The van der Waals surface area contributed by atoms with Crippen molar-refractivity contribution in [3.05, 3.63) is 203 Å². The van der Waals surface area contributed by atoms with Crippen LogP contribution >= 0.6 is 0 Å². The van der Waals surface area contributed by atoms with Gasteiger partial charge >= 0.3 is 0 Å². The highest BCUT2D eigenvalue weighted by atomic mass is 15.2. The van der Waals surface area contributed by atoms with Crippen molar-refractivity contribution in [3.8, 4) is 11.1 Å².